The van der Waals surface area contributed by atoms with E-state index in [4.69, 9.17) is 9.15 Å². The van der Waals surface area contributed by atoms with Crippen LogP contribution >= 0.6 is 11.3 Å². The standard InChI is InChI=1S/C23H19N3O3S/c1-28-20-11-5-8-15-12-17(22(27)29-21(15)20)19-13-30-23(24-19)26-25-18-10-4-7-14-6-2-3-9-16(14)18/h2-3,5-6,8-9,11-13H,4,7,10H2,1H3,(H,24,26)/b25-18+. The minimum atomic E-state index is -0.448. The molecule has 0 saturated heterocycles. The summed E-state index contributed by atoms with van der Waals surface area (Å²) in [6.45, 7) is 0. The van der Waals surface area contributed by atoms with Crippen LogP contribution in [0.5, 0.6) is 5.75 Å². The molecule has 0 spiro atoms. The van der Waals surface area contributed by atoms with Gasteiger partial charge in [0.05, 0.1) is 24.1 Å². The van der Waals surface area contributed by atoms with Crippen LogP contribution in [-0.2, 0) is 6.42 Å². The van der Waals surface area contributed by atoms with Crippen molar-refractivity contribution in [2.24, 2.45) is 5.10 Å². The van der Waals surface area contributed by atoms with E-state index in [0.29, 0.717) is 27.7 Å². The van der Waals surface area contributed by atoms with E-state index in [1.54, 1.807) is 19.2 Å². The van der Waals surface area contributed by atoms with Crippen molar-refractivity contribution in [3.8, 4) is 17.0 Å². The highest BCUT2D eigenvalue weighted by Crippen LogP contribution is 2.29. The van der Waals surface area contributed by atoms with Crippen molar-refractivity contribution in [3.63, 3.8) is 0 Å². The largest absolute Gasteiger partial charge is 0.493 e. The van der Waals surface area contributed by atoms with Gasteiger partial charge in [-0.3, -0.25) is 5.43 Å². The number of fused-ring (bicyclic) bond motifs is 2. The molecule has 0 saturated carbocycles. The molecule has 0 amide bonds. The first kappa shape index (κ1) is 18.6. The summed E-state index contributed by atoms with van der Waals surface area (Å²) in [5.41, 5.74) is 7.58. The number of rotatable bonds is 4. The fourth-order valence-corrected chi connectivity index (χ4v) is 4.39. The average molecular weight is 417 g/mol. The second-order valence-electron chi connectivity index (χ2n) is 7.05. The zero-order valence-electron chi connectivity index (χ0n) is 16.3. The van der Waals surface area contributed by atoms with Crippen LogP contribution in [0.4, 0.5) is 5.13 Å². The van der Waals surface area contributed by atoms with Crippen molar-refractivity contribution in [1.82, 2.24) is 4.98 Å². The van der Waals surface area contributed by atoms with Gasteiger partial charge in [-0.2, -0.15) is 5.10 Å². The Labute approximate surface area is 176 Å². The summed E-state index contributed by atoms with van der Waals surface area (Å²) >= 11 is 1.40. The van der Waals surface area contributed by atoms with E-state index in [-0.39, 0.29) is 0 Å². The molecule has 0 unspecified atom stereocenters. The van der Waals surface area contributed by atoms with Crippen LogP contribution in [0.25, 0.3) is 22.2 Å². The van der Waals surface area contributed by atoms with Crippen LogP contribution < -0.4 is 15.8 Å². The highest BCUT2D eigenvalue weighted by molar-refractivity contribution is 7.14. The van der Waals surface area contributed by atoms with E-state index in [1.165, 1.54) is 22.5 Å². The second kappa shape index (κ2) is 7.76. The summed E-state index contributed by atoms with van der Waals surface area (Å²) in [6, 6.07) is 15.6. The van der Waals surface area contributed by atoms with Gasteiger partial charge in [0, 0.05) is 16.3 Å². The number of thiazole rings is 1. The van der Waals surface area contributed by atoms with Crippen molar-refractivity contribution < 1.29 is 9.15 Å². The zero-order chi connectivity index (χ0) is 20.5. The van der Waals surface area contributed by atoms with Gasteiger partial charge in [-0.05, 0) is 37.0 Å². The van der Waals surface area contributed by atoms with Crippen LogP contribution in [0, 0.1) is 0 Å². The summed E-state index contributed by atoms with van der Waals surface area (Å²) in [4.78, 5) is 17.1. The van der Waals surface area contributed by atoms with E-state index in [9.17, 15) is 4.79 Å². The highest BCUT2D eigenvalue weighted by atomic mass is 32.1. The van der Waals surface area contributed by atoms with Gasteiger partial charge in [0.15, 0.2) is 11.3 Å². The Balaban J connectivity index is 1.44. The molecule has 0 atom stereocenters. The third-order valence-corrected chi connectivity index (χ3v) is 5.95. The van der Waals surface area contributed by atoms with Crippen molar-refractivity contribution in [2.75, 3.05) is 12.5 Å². The maximum absolute atomic E-state index is 12.5. The number of para-hydroxylation sites is 1. The molecule has 6 nitrogen and oxygen atoms in total. The zero-order valence-corrected chi connectivity index (χ0v) is 17.2. The smallest absolute Gasteiger partial charge is 0.345 e. The van der Waals surface area contributed by atoms with Gasteiger partial charge in [-0.1, -0.05) is 36.4 Å². The number of aryl methyl sites for hydroxylation is 1. The Morgan fingerprint density at radius 1 is 1.13 bits per heavy atom. The van der Waals surface area contributed by atoms with E-state index in [2.05, 4.69) is 33.7 Å². The fraction of sp³-hybridized carbons (Fsp3) is 0.174. The third kappa shape index (κ3) is 3.37. The van der Waals surface area contributed by atoms with Crippen LogP contribution in [0.2, 0.25) is 0 Å². The molecule has 7 heteroatoms. The molecule has 1 aliphatic carbocycles. The lowest BCUT2D eigenvalue weighted by atomic mass is 9.90. The molecule has 0 fully saturated rings. The molecular formula is C23H19N3O3S. The van der Waals surface area contributed by atoms with Gasteiger partial charge >= 0.3 is 5.63 Å². The molecule has 0 aliphatic heterocycles. The van der Waals surface area contributed by atoms with Gasteiger partial charge in [0.2, 0.25) is 5.13 Å². The van der Waals surface area contributed by atoms with E-state index in [0.717, 1.165) is 30.4 Å². The normalized spacial score (nSPS) is 14.6. The summed E-state index contributed by atoms with van der Waals surface area (Å²) < 4.78 is 10.8. The van der Waals surface area contributed by atoms with Crippen LogP contribution in [0.1, 0.15) is 24.0 Å². The SMILES string of the molecule is COc1cccc2cc(-c3csc(N/N=C4\CCCc5ccccc54)n3)c(=O)oc12. The Kier molecular flexibility index (Phi) is 4.80. The predicted octanol–water partition coefficient (Wildman–Crippen LogP) is 5.08. The molecular weight excluding hydrogens is 398 g/mol. The lowest BCUT2D eigenvalue weighted by Crippen LogP contribution is -2.13. The molecule has 2 heterocycles. The van der Waals surface area contributed by atoms with E-state index < -0.39 is 5.63 Å². The molecule has 1 aliphatic rings. The minimum Gasteiger partial charge on any atom is -0.493 e. The first-order valence-electron chi connectivity index (χ1n) is 9.70. The first-order valence-corrected chi connectivity index (χ1v) is 10.6. The summed E-state index contributed by atoms with van der Waals surface area (Å²) in [5, 5.41) is 7.84. The fourth-order valence-electron chi connectivity index (χ4n) is 3.74. The Morgan fingerprint density at radius 2 is 2.03 bits per heavy atom. The van der Waals surface area contributed by atoms with Gasteiger partial charge in [-0.15, -0.1) is 11.3 Å². The number of benzene rings is 2. The Morgan fingerprint density at radius 3 is 2.93 bits per heavy atom. The number of hydrogen-bond acceptors (Lipinski definition) is 7. The number of anilines is 1. The van der Waals surface area contributed by atoms with E-state index >= 15 is 0 Å². The number of hydrazone groups is 1. The summed E-state index contributed by atoms with van der Waals surface area (Å²) in [7, 11) is 1.55. The predicted molar refractivity (Wildman–Crippen MR) is 120 cm³/mol. The first-order chi connectivity index (χ1) is 14.7. The summed E-state index contributed by atoms with van der Waals surface area (Å²) in [6.07, 6.45) is 3.10. The molecule has 30 heavy (non-hydrogen) atoms. The van der Waals surface area contributed by atoms with Crippen LogP contribution in [-0.4, -0.2) is 17.8 Å². The van der Waals surface area contributed by atoms with E-state index in [1.807, 2.05) is 23.6 Å². The lowest BCUT2D eigenvalue weighted by Gasteiger charge is -2.17. The lowest BCUT2D eigenvalue weighted by molar-refractivity contribution is 0.407. The molecule has 150 valence electrons. The number of hydrogen-bond donors (Lipinski definition) is 1. The van der Waals surface area contributed by atoms with Crippen LogP contribution in [0.3, 0.4) is 0 Å². The molecule has 5 rings (SSSR count). The third-order valence-electron chi connectivity index (χ3n) is 5.20. The number of nitrogens with zero attached hydrogens (tertiary/aromatic N) is 2. The number of methoxy groups -OCH3 is 1. The van der Waals surface area contributed by atoms with Crippen LogP contribution in [0.15, 0.2) is 68.2 Å². The maximum Gasteiger partial charge on any atom is 0.345 e. The Bertz CT molecular complexity index is 1320. The molecule has 2 aromatic heterocycles. The molecule has 0 radical (unpaired) electrons. The van der Waals surface area contributed by atoms with Crippen molar-refractivity contribution in [2.45, 2.75) is 19.3 Å². The quantitative estimate of drug-likeness (QED) is 0.370. The van der Waals surface area contributed by atoms with Crippen molar-refractivity contribution >= 4 is 33.1 Å². The summed E-state index contributed by atoms with van der Waals surface area (Å²) in [5.74, 6) is 0.528. The molecule has 2 aromatic carbocycles. The minimum absolute atomic E-state index is 0.413. The topological polar surface area (TPSA) is 76.7 Å². The molecule has 4 aromatic rings. The monoisotopic (exact) mass is 417 g/mol. The number of aromatic nitrogens is 1. The number of ether oxygens (including phenoxy) is 1. The highest BCUT2D eigenvalue weighted by Gasteiger charge is 2.16. The second-order valence-corrected chi connectivity index (χ2v) is 7.90. The van der Waals surface area contributed by atoms with Gasteiger partial charge in [0.25, 0.3) is 0 Å². The van der Waals surface area contributed by atoms with Crippen molar-refractivity contribution in [3.05, 3.63) is 75.5 Å². The Hall–Kier alpha value is -3.45. The average Bonchev–Trinajstić information content (AvgIpc) is 3.25. The van der Waals surface area contributed by atoms with Crippen molar-refractivity contribution in [1.29, 1.82) is 0 Å². The van der Waals surface area contributed by atoms with Gasteiger partial charge < -0.3 is 9.15 Å². The molecule has 1 N–H and O–H groups in total. The number of nitrogens with one attached hydrogen (secondary N) is 1. The molecule has 0 bridgehead atoms. The van der Waals surface area contributed by atoms with Gasteiger partial charge in [-0.25, -0.2) is 9.78 Å². The van der Waals surface area contributed by atoms with Gasteiger partial charge in [0.1, 0.15) is 0 Å². The maximum atomic E-state index is 12.5.